The maximum Gasteiger partial charge on any atom is 0.165 e. The van der Waals surface area contributed by atoms with E-state index in [0.29, 0.717) is 34.9 Å². The highest BCUT2D eigenvalue weighted by molar-refractivity contribution is 5.74. The first-order chi connectivity index (χ1) is 23.8. The Hall–Kier alpha value is -6.73. The molecule has 7 nitrogen and oxygen atoms in total. The van der Waals surface area contributed by atoms with Gasteiger partial charge in [-0.05, 0) is 11.6 Å². The highest BCUT2D eigenvalue weighted by Crippen LogP contribution is 2.30. The molecule has 0 atom stereocenters. The number of nitrogens with zero attached hydrogens (tertiary/aromatic N) is 7. The predicted molar refractivity (Wildman–Crippen MR) is 189 cm³/mol. The predicted octanol–water partition coefficient (Wildman–Crippen LogP) is 9.12. The van der Waals surface area contributed by atoms with Gasteiger partial charge in [0, 0.05) is 51.3 Å². The molecule has 0 aliphatic carbocycles. The Bertz CT molecular complexity index is 2200. The molecule has 0 N–H and O–H groups in total. The zero-order valence-corrected chi connectivity index (χ0v) is 25.7. The maximum atomic E-state index is 4.87. The lowest BCUT2D eigenvalue weighted by molar-refractivity contribution is 1.07. The normalized spacial score (nSPS) is 10.9. The summed E-state index contributed by atoms with van der Waals surface area (Å²) in [5.74, 6) is 3.63. The Morgan fingerprint density at radius 2 is 0.500 bits per heavy atom. The van der Waals surface area contributed by atoms with Crippen LogP contribution in [0.2, 0.25) is 0 Å². The lowest BCUT2D eigenvalue weighted by Gasteiger charge is -2.10. The van der Waals surface area contributed by atoms with Crippen LogP contribution in [0.1, 0.15) is 0 Å². The fraction of sp³-hybridized carbons (Fsp3) is 0. The fourth-order valence-corrected chi connectivity index (χ4v) is 5.41. The van der Waals surface area contributed by atoms with E-state index in [2.05, 4.69) is 23.2 Å². The van der Waals surface area contributed by atoms with Gasteiger partial charge in [0.05, 0.1) is 0 Å². The summed E-state index contributed by atoms with van der Waals surface area (Å²) in [6, 6.07) is 50.1. The van der Waals surface area contributed by atoms with Crippen molar-refractivity contribution in [1.29, 1.82) is 0 Å². The van der Waals surface area contributed by atoms with Crippen molar-refractivity contribution in [3.05, 3.63) is 164 Å². The van der Waals surface area contributed by atoms with Gasteiger partial charge < -0.3 is 0 Å². The average Bonchev–Trinajstić information content (AvgIpc) is 3.19. The maximum absolute atomic E-state index is 4.87. The van der Waals surface area contributed by atoms with Crippen molar-refractivity contribution in [2.24, 2.45) is 0 Å². The fourth-order valence-electron chi connectivity index (χ4n) is 5.41. The lowest BCUT2D eigenvalue weighted by atomic mass is 10.0. The zero-order valence-electron chi connectivity index (χ0n) is 25.7. The van der Waals surface area contributed by atoms with Crippen molar-refractivity contribution < 1.29 is 0 Å². The van der Waals surface area contributed by atoms with E-state index in [4.69, 9.17) is 29.9 Å². The van der Waals surface area contributed by atoms with Crippen LogP contribution in [0.5, 0.6) is 0 Å². The monoisotopic (exact) mass is 617 g/mol. The Morgan fingerprint density at radius 3 is 0.854 bits per heavy atom. The zero-order chi connectivity index (χ0) is 32.1. The Morgan fingerprint density at radius 1 is 0.229 bits per heavy atom. The minimum absolute atomic E-state index is 0.556. The highest BCUT2D eigenvalue weighted by atomic mass is 15.0. The Balaban J connectivity index is 1.16. The van der Waals surface area contributed by atoms with Gasteiger partial charge in [0.15, 0.2) is 34.9 Å². The molecule has 3 aromatic heterocycles. The first kappa shape index (κ1) is 28.7. The molecule has 5 aromatic carbocycles. The van der Waals surface area contributed by atoms with Crippen molar-refractivity contribution in [2.45, 2.75) is 0 Å². The summed E-state index contributed by atoms with van der Waals surface area (Å²) in [5, 5.41) is 0. The summed E-state index contributed by atoms with van der Waals surface area (Å²) in [6.07, 6.45) is 3.64. The number of hydrogen-bond donors (Lipinski definition) is 0. The van der Waals surface area contributed by atoms with Gasteiger partial charge in [0.1, 0.15) is 0 Å². The molecule has 0 bridgehead atoms. The molecule has 226 valence electrons. The molecule has 0 aliphatic rings. The van der Waals surface area contributed by atoms with E-state index < -0.39 is 0 Å². The van der Waals surface area contributed by atoms with E-state index in [-0.39, 0.29) is 0 Å². The van der Waals surface area contributed by atoms with Crippen LogP contribution in [0.25, 0.3) is 79.5 Å². The molecule has 8 aromatic rings. The Kier molecular flexibility index (Phi) is 7.74. The number of hydrogen-bond acceptors (Lipinski definition) is 7. The van der Waals surface area contributed by atoms with E-state index in [9.17, 15) is 0 Å². The first-order valence-electron chi connectivity index (χ1n) is 15.6. The highest BCUT2D eigenvalue weighted by Gasteiger charge is 2.15. The van der Waals surface area contributed by atoms with E-state index in [1.54, 1.807) is 6.20 Å². The van der Waals surface area contributed by atoms with Crippen LogP contribution in [-0.2, 0) is 0 Å². The summed E-state index contributed by atoms with van der Waals surface area (Å²) < 4.78 is 0. The second-order valence-corrected chi connectivity index (χ2v) is 11.1. The molecule has 0 radical (unpaired) electrons. The quantitative estimate of drug-likeness (QED) is 0.176. The van der Waals surface area contributed by atoms with Gasteiger partial charge in [-0.3, -0.25) is 4.98 Å². The van der Waals surface area contributed by atoms with Gasteiger partial charge in [-0.1, -0.05) is 146 Å². The van der Waals surface area contributed by atoms with E-state index in [0.717, 1.165) is 44.5 Å². The summed E-state index contributed by atoms with van der Waals surface area (Å²) in [6.45, 7) is 0. The standard InChI is InChI=1S/C41H27N7/c1-5-13-29(14-6-1)36-43-37(30-15-7-2-8-16-30)46-40(45-36)33-23-21-28(22-24-33)34-25-35(27-42-26-34)41-47-38(31-17-9-3-10-18-31)44-39(48-41)32-19-11-4-12-20-32/h1-27H. The third kappa shape index (κ3) is 6.08. The minimum atomic E-state index is 0.556. The van der Waals surface area contributed by atoms with Gasteiger partial charge in [-0.15, -0.1) is 0 Å². The molecule has 0 spiro atoms. The topological polar surface area (TPSA) is 90.2 Å². The molecule has 0 unspecified atom stereocenters. The van der Waals surface area contributed by atoms with Crippen molar-refractivity contribution >= 4 is 0 Å². The Labute approximate surface area is 277 Å². The summed E-state index contributed by atoms with van der Waals surface area (Å²) in [4.78, 5) is 33.7. The molecule has 0 saturated heterocycles. The van der Waals surface area contributed by atoms with Crippen LogP contribution in [0.3, 0.4) is 0 Å². The number of benzene rings is 5. The van der Waals surface area contributed by atoms with Crippen molar-refractivity contribution in [3.8, 4) is 79.5 Å². The summed E-state index contributed by atoms with van der Waals surface area (Å²) >= 11 is 0. The molecule has 0 fully saturated rings. The van der Waals surface area contributed by atoms with Gasteiger partial charge >= 0.3 is 0 Å². The first-order valence-corrected chi connectivity index (χ1v) is 15.6. The summed E-state index contributed by atoms with van der Waals surface area (Å²) in [7, 11) is 0. The molecule has 3 heterocycles. The van der Waals surface area contributed by atoms with Crippen LogP contribution >= 0.6 is 0 Å². The van der Waals surface area contributed by atoms with Crippen LogP contribution in [0, 0.1) is 0 Å². The molecule has 0 aliphatic heterocycles. The van der Waals surface area contributed by atoms with Crippen molar-refractivity contribution in [3.63, 3.8) is 0 Å². The molecule has 7 heteroatoms. The summed E-state index contributed by atoms with van der Waals surface area (Å²) in [5.41, 5.74) is 7.32. The number of pyridine rings is 1. The van der Waals surface area contributed by atoms with Gasteiger partial charge in [0.2, 0.25) is 0 Å². The van der Waals surface area contributed by atoms with E-state index in [1.165, 1.54) is 0 Å². The van der Waals surface area contributed by atoms with E-state index >= 15 is 0 Å². The molecular formula is C41H27N7. The second kappa shape index (κ2) is 12.9. The smallest absolute Gasteiger partial charge is 0.165 e. The SMILES string of the molecule is c1ccc(-c2nc(-c3ccccc3)nc(-c3ccc(-c4cncc(-c5nc(-c6ccccc6)nc(-c6ccccc6)n5)c4)cc3)n2)cc1. The van der Waals surface area contributed by atoms with E-state index in [1.807, 2.05) is 140 Å². The van der Waals surface area contributed by atoms with Crippen LogP contribution < -0.4 is 0 Å². The lowest BCUT2D eigenvalue weighted by Crippen LogP contribution is -2.00. The number of rotatable bonds is 7. The third-order valence-corrected chi connectivity index (χ3v) is 7.87. The minimum Gasteiger partial charge on any atom is -0.263 e. The molecule has 0 amide bonds. The van der Waals surface area contributed by atoms with Gasteiger partial charge in [0.25, 0.3) is 0 Å². The molecule has 0 saturated carbocycles. The third-order valence-electron chi connectivity index (χ3n) is 7.87. The molecular weight excluding hydrogens is 591 g/mol. The van der Waals surface area contributed by atoms with Crippen LogP contribution in [0.15, 0.2) is 164 Å². The number of aromatic nitrogens is 7. The van der Waals surface area contributed by atoms with Crippen LogP contribution in [-0.4, -0.2) is 34.9 Å². The van der Waals surface area contributed by atoms with Crippen molar-refractivity contribution in [1.82, 2.24) is 34.9 Å². The van der Waals surface area contributed by atoms with Crippen LogP contribution in [0.4, 0.5) is 0 Å². The molecule has 48 heavy (non-hydrogen) atoms. The van der Waals surface area contributed by atoms with Crippen molar-refractivity contribution in [2.75, 3.05) is 0 Å². The average molecular weight is 618 g/mol. The largest absolute Gasteiger partial charge is 0.263 e. The van der Waals surface area contributed by atoms with Gasteiger partial charge in [-0.25, -0.2) is 29.9 Å². The second-order valence-electron chi connectivity index (χ2n) is 11.1. The molecule has 8 rings (SSSR count). The van der Waals surface area contributed by atoms with Gasteiger partial charge in [-0.2, -0.15) is 0 Å².